The van der Waals surface area contributed by atoms with Crippen molar-refractivity contribution in [1.29, 1.82) is 0 Å². The summed E-state index contributed by atoms with van der Waals surface area (Å²) in [6.45, 7) is -0.148. The van der Waals surface area contributed by atoms with Gasteiger partial charge in [-0.15, -0.1) is 0 Å². The van der Waals surface area contributed by atoms with Gasteiger partial charge in [-0.1, -0.05) is 36.4 Å². The molecule has 0 bridgehead atoms. The molecule has 5 heteroatoms. The fourth-order valence-electron chi connectivity index (χ4n) is 2.27. The predicted octanol–water partition coefficient (Wildman–Crippen LogP) is 2.50. The van der Waals surface area contributed by atoms with Crippen LogP contribution in [0.4, 0.5) is 4.39 Å². The standard InChI is InChI=1S/C18H17FN2O2/c19-16-9-6-13(12-4-2-1-3-5-12)10-15(16)18(23)20-11-17(22)21-14-7-8-14/h1-6,9-10,14H,7-8,11H2,(H,20,23)(H,21,22). The highest BCUT2D eigenvalue weighted by Gasteiger charge is 2.23. The smallest absolute Gasteiger partial charge is 0.254 e. The van der Waals surface area contributed by atoms with Crippen molar-refractivity contribution >= 4 is 11.8 Å². The minimum absolute atomic E-state index is 0.0643. The van der Waals surface area contributed by atoms with Crippen molar-refractivity contribution in [2.24, 2.45) is 0 Å². The van der Waals surface area contributed by atoms with Gasteiger partial charge in [-0.3, -0.25) is 9.59 Å². The lowest BCUT2D eigenvalue weighted by Crippen LogP contribution is -2.38. The summed E-state index contributed by atoms with van der Waals surface area (Å²) < 4.78 is 13.9. The Hall–Kier alpha value is -2.69. The van der Waals surface area contributed by atoms with E-state index in [0.29, 0.717) is 0 Å². The summed E-state index contributed by atoms with van der Waals surface area (Å²) >= 11 is 0. The van der Waals surface area contributed by atoms with Crippen LogP contribution in [0.15, 0.2) is 48.5 Å². The lowest BCUT2D eigenvalue weighted by Gasteiger charge is -2.09. The summed E-state index contributed by atoms with van der Waals surface area (Å²) in [6.07, 6.45) is 1.96. The number of carbonyl (C=O) groups excluding carboxylic acids is 2. The zero-order valence-corrected chi connectivity index (χ0v) is 12.5. The Kier molecular flexibility index (Phi) is 4.37. The Morgan fingerprint density at radius 3 is 2.48 bits per heavy atom. The predicted molar refractivity (Wildman–Crippen MR) is 85.3 cm³/mol. The number of carbonyl (C=O) groups is 2. The van der Waals surface area contributed by atoms with Gasteiger partial charge in [0.1, 0.15) is 5.82 Å². The summed E-state index contributed by atoms with van der Waals surface area (Å²) in [4.78, 5) is 23.7. The van der Waals surface area contributed by atoms with E-state index in [9.17, 15) is 14.0 Å². The molecule has 0 atom stereocenters. The Bertz CT molecular complexity index is 727. The van der Waals surface area contributed by atoms with Crippen molar-refractivity contribution in [1.82, 2.24) is 10.6 Å². The van der Waals surface area contributed by atoms with E-state index in [1.807, 2.05) is 30.3 Å². The molecule has 0 saturated heterocycles. The maximum absolute atomic E-state index is 13.9. The minimum Gasteiger partial charge on any atom is -0.352 e. The van der Waals surface area contributed by atoms with Crippen LogP contribution in [0.5, 0.6) is 0 Å². The number of hydrogen-bond donors (Lipinski definition) is 2. The monoisotopic (exact) mass is 312 g/mol. The van der Waals surface area contributed by atoms with Crippen LogP contribution in [0.3, 0.4) is 0 Å². The Balaban J connectivity index is 1.70. The van der Waals surface area contributed by atoms with Crippen LogP contribution < -0.4 is 10.6 Å². The molecule has 1 saturated carbocycles. The van der Waals surface area contributed by atoms with Gasteiger partial charge in [0.05, 0.1) is 12.1 Å². The van der Waals surface area contributed by atoms with Crippen molar-refractivity contribution in [2.45, 2.75) is 18.9 Å². The molecule has 0 unspecified atom stereocenters. The molecule has 2 N–H and O–H groups in total. The van der Waals surface area contributed by atoms with Gasteiger partial charge < -0.3 is 10.6 Å². The van der Waals surface area contributed by atoms with Gasteiger partial charge in [-0.2, -0.15) is 0 Å². The molecular formula is C18H17FN2O2. The molecule has 2 aromatic rings. The molecule has 4 nitrogen and oxygen atoms in total. The van der Waals surface area contributed by atoms with E-state index in [0.717, 1.165) is 24.0 Å². The first-order valence-corrected chi connectivity index (χ1v) is 7.56. The number of rotatable bonds is 5. The highest BCUT2D eigenvalue weighted by Crippen LogP contribution is 2.22. The van der Waals surface area contributed by atoms with Crippen LogP contribution in [-0.4, -0.2) is 24.4 Å². The van der Waals surface area contributed by atoms with Crippen LogP contribution >= 0.6 is 0 Å². The zero-order valence-electron chi connectivity index (χ0n) is 12.5. The molecule has 3 rings (SSSR count). The van der Waals surface area contributed by atoms with E-state index < -0.39 is 11.7 Å². The highest BCUT2D eigenvalue weighted by atomic mass is 19.1. The average molecular weight is 312 g/mol. The van der Waals surface area contributed by atoms with Gasteiger partial charge in [-0.25, -0.2) is 4.39 Å². The second-order valence-corrected chi connectivity index (χ2v) is 5.59. The van der Waals surface area contributed by atoms with Gasteiger partial charge in [0.2, 0.25) is 5.91 Å². The van der Waals surface area contributed by atoms with Crippen LogP contribution in [0.2, 0.25) is 0 Å². The highest BCUT2D eigenvalue weighted by molar-refractivity contribution is 5.97. The fourth-order valence-corrected chi connectivity index (χ4v) is 2.27. The topological polar surface area (TPSA) is 58.2 Å². The van der Waals surface area contributed by atoms with Crippen molar-refractivity contribution in [3.63, 3.8) is 0 Å². The van der Waals surface area contributed by atoms with E-state index in [2.05, 4.69) is 10.6 Å². The summed E-state index contributed by atoms with van der Waals surface area (Å²) in [5.74, 6) is -1.45. The van der Waals surface area contributed by atoms with E-state index in [1.165, 1.54) is 12.1 Å². The number of nitrogens with one attached hydrogen (secondary N) is 2. The molecule has 2 amide bonds. The molecule has 1 fully saturated rings. The quantitative estimate of drug-likeness (QED) is 0.891. The van der Waals surface area contributed by atoms with Crippen LogP contribution in [0.25, 0.3) is 11.1 Å². The first-order valence-electron chi connectivity index (χ1n) is 7.56. The van der Waals surface area contributed by atoms with Crippen molar-refractivity contribution in [3.8, 4) is 11.1 Å². The first kappa shape index (κ1) is 15.2. The molecule has 0 aromatic heterocycles. The van der Waals surface area contributed by atoms with Crippen LogP contribution in [-0.2, 0) is 4.79 Å². The first-order chi connectivity index (χ1) is 11.1. The zero-order chi connectivity index (χ0) is 16.2. The maximum atomic E-state index is 13.9. The molecule has 0 radical (unpaired) electrons. The molecular weight excluding hydrogens is 295 g/mol. The van der Waals surface area contributed by atoms with Gasteiger partial charge >= 0.3 is 0 Å². The van der Waals surface area contributed by atoms with E-state index >= 15 is 0 Å². The van der Waals surface area contributed by atoms with E-state index in [1.54, 1.807) is 6.07 Å². The summed E-state index contributed by atoms with van der Waals surface area (Å²) in [5.41, 5.74) is 1.58. The average Bonchev–Trinajstić information content (AvgIpc) is 3.38. The lowest BCUT2D eigenvalue weighted by atomic mass is 10.0. The normalized spacial score (nSPS) is 13.4. The SMILES string of the molecule is O=C(CNC(=O)c1cc(-c2ccccc2)ccc1F)NC1CC1. The third kappa shape index (κ3) is 3.94. The minimum atomic E-state index is -0.607. The molecule has 2 aromatic carbocycles. The fraction of sp³-hybridized carbons (Fsp3) is 0.222. The van der Waals surface area contributed by atoms with Crippen molar-refractivity contribution < 1.29 is 14.0 Å². The maximum Gasteiger partial charge on any atom is 0.254 e. The third-order valence-corrected chi connectivity index (χ3v) is 3.67. The third-order valence-electron chi connectivity index (χ3n) is 3.67. The molecule has 1 aliphatic carbocycles. The van der Waals surface area contributed by atoms with Crippen molar-refractivity contribution in [2.75, 3.05) is 6.54 Å². The second-order valence-electron chi connectivity index (χ2n) is 5.59. The van der Waals surface area contributed by atoms with Gasteiger partial charge in [0.15, 0.2) is 0 Å². The molecule has 0 aliphatic heterocycles. The van der Waals surface area contributed by atoms with Crippen LogP contribution in [0, 0.1) is 5.82 Å². The Morgan fingerprint density at radius 1 is 1.04 bits per heavy atom. The van der Waals surface area contributed by atoms with E-state index in [-0.39, 0.29) is 24.1 Å². The summed E-state index contributed by atoms with van der Waals surface area (Å²) in [6, 6.07) is 14.0. The Morgan fingerprint density at radius 2 is 1.78 bits per heavy atom. The molecule has 0 heterocycles. The number of halogens is 1. The molecule has 1 aliphatic rings. The molecule has 23 heavy (non-hydrogen) atoms. The number of benzene rings is 2. The second kappa shape index (κ2) is 6.60. The van der Waals surface area contributed by atoms with Gasteiger partial charge in [-0.05, 0) is 36.1 Å². The largest absolute Gasteiger partial charge is 0.352 e. The molecule has 0 spiro atoms. The molecule has 118 valence electrons. The van der Waals surface area contributed by atoms with Crippen molar-refractivity contribution in [3.05, 3.63) is 59.9 Å². The van der Waals surface area contributed by atoms with Gasteiger partial charge in [0.25, 0.3) is 5.91 Å². The van der Waals surface area contributed by atoms with E-state index in [4.69, 9.17) is 0 Å². The number of amides is 2. The Labute approximate surface area is 133 Å². The van der Waals surface area contributed by atoms with Gasteiger partial charge in [0, 0.05) is 6.04 Å². The number of hydrogen-bond acceptors (Lipinski definition) is 2. The summed E-state index contributed by atoms with van der Waals surface area (Å²) in [7, 11) is 0. The summed E-state index contributed by atoms with van der Waals surface area (Å²) in [5, 5.41) is 5.23. The van der Waals surface area contributed by atoms with Crippen LogP contribution in [0.1, 0.15) is 23.2 Å². The lowest BCUT2D eigenvalue weighted by molar-refractivity contribution is -0.120.